The van der Waals surface area contributed by atoms with Gasteiger partial charge in [-0.15, -0.1) is 0 Å². The highest BCUT2D eigenvalue weighted by Crippen LogP contribution is 2.26. The number of carbonyl (C=O) groups is 1. The maximum absolute atomic E-state index is 13.0. The molecule has 2 aliphatic heterocycles. The predicted molar refractivity (Wildman–Crippen MR) is 81.2 cm³/mol. The van der Waals surface area contributed by atoms with Crippen LogP contribution in [0.2, 0.25) is 0 Å². The van der Waals surface area contributed by atoms with E-state index in [1.54, 1.807) is 0 Å². The van der Waals surface area contributed by atoms with Crippen molar-refractivity contribution in [1.29, 1.82) is 0 Å². The molecule has 1 amide bonds. The molecule has 0 aromatic carbocycles. The molecule has 2 atom stereocenters. The third-order valence-electron chi connectivity index (χ3n) is 4.70. The first-order valence-corrected chi connectivity index (χ1v) is 8.02. The van der Waals surface area contributed by atoms with Crippen LogP contribution in [0.4, 0.5) is 0 Å². The number of nitrogens with zero attached hydrogens (tertiary/aromatic N) is 3. The van der Waals surface area contributed by atoms with Crippen LogP contribution in [0, 0.1) is 13.8 Å². The normalized spacial score (nSPS) is 26.1. The van der Waals surface area contributed by atoms with Gasteiger partial charge in [-0.3, -0.25) is 4.79 Å². The van der Waals surface area contributed by atoms with Gasteiger partial charge >= 0.3 is 0 Å². The molecule has 2 aliphatic rings. The quantitative estimate of drug-likeness (QED) is 0.902. The van der Waals surface area contributed by atoms with E-state index < -0.39 is 0 Å². The van der Waals surface area contributed by atoms with Gasteiger partial charge in [-0.05, 0) is 58.6 Å². The Kier molecular flexibility index (Phi) is 4.19. The average Bonchev–Trinajstić information content (AvgIpc) is 3.03. The second kappa shape index (κ2) is 6.10. The minimum absolute atomic E-state index is 0.129. The molecular formula is C16H24N4O. The Morgan fingerprint density at radius 3 is 2.86 bits per heavy atom. The number of nitrogens with one attached hydrogen (secondary N) is 1. The third kappa shape index (κ3) is 2.93. The van der Waals surface area contributed by atoms with E-state index in [4.69, 9.17) is 0 Å². The maximum atomic E-state index is 13.0. The zero-order valence-corrected chi connectivity index (χ0v) is 12.9. The lowest BCUT2D eigenvalue weighted by molar-refractivity contribution is 0.0562. The highest BCUT2D eigenvalue weighted by molar-refractivity contribution is 5.95. The van der Waals surface area contributed by atoms with Gasteiger partial charge in [0.15, 0.2) is 0 Å². The summed E-state index contributed by atoms with van der Waals surface area (Å²) in [5.41, 5.74) is 2.25. The molecule has 0 bridgehead atoms. The van der Waals surface area contributed by atoms with Crippen LogP contribution in [0.1, 0.15) is 53.8 Å². The summed E-state index contributed by atoms with van der Waals surface area (Å²) in [5.74, 6) is 0.129. The zero-order chi connectivity index (χ0) is 14.8. The Labute approximate surface area is 126 Å². The maximum Gasteiger partial charge on any atom is 0.256 e. The first-order valence-electron chi connectivity index (χ1n) is 8.02. The van der Waals surface area contributed by atoms with Crippen molar-refractivity contribution in [3.8, 4) is 0 Å². The summed E-state index contributed by atoms with van der Waals surface area (Å²) >= 11 is 0. The fourth-order valence-electron chi connectivity index (χ4n) is 3.59. The molecule has 1 aromatic rings. The summed E-state index contributed by atoms with van der Waals surface area (Å²) in [6.45, 7) is 5.70. The lowest BCUT2D eigenvalue weighted by atomic mass is 9.93. The smallest absolute Gasteiger partial charge is 0.256 e. The monoisotopic (exact) mass is 288 g/mol. The van der Waals surface area contributed by atoms with Crippen molar-refractivity contribution in [2.45, 2.75) is 58.0 Å². The molecule has 1 N–H and O–H groups in total. The lowest BCUT2D eigenvalue weighted by Gasteiger charge is -2.39. The molecule has 0 spiro atoms. The first kappa shape index (κ1) is 14.4. The summed E-state index contributed by atoms with van der Waals surface area (Å²) in [6, 6.07) is 2.67. The molecule has 0 saturated carbocycles. The summed E-state index contributed by atoms with van der Waals surface area (Å²) in [5, 5.41) is 11.7. The number of hydrogen-bond donors (Lipinski definition) is 1. The Balaban J connectivity index is 1.85. The molecule has 3 heterocycles. The van der Waals surface area contributed by atoms with E-state index in [1.165, 1.54) is 19.3 Å². The molecule has 5 heteroatoms. The minimum Gasteiger partial charge on any atom is -0.334 e. The molecule has 2 saturated heterocycles. The van der Waals surface area contributed by atoms with E-state index in [9.17, 15) is 4.79 Å². The highest BCUT2D eigenvalue weighted by atomic mass is 16.2. The van der Waals surface area contributed by atoms with E-state index in [-0.39, 0.29) is 5.91 Å². The molecule has 1 aromatic heterocycles. The number of aromatic nitrogens is 2. The average molecular weight is 288 g/mol. The van der Waals surface area contributed by atoms with Crippen molar-refractivity contribution >= 4 is 5.91 Å². The van der Waals surface area contributed by atoms with E-state index in [2.05, 4.69) is 20.4 Å². The van der Waals surface area contributed by atoms with Crippen LogP contribution in [0.5, 0.6) is 0 Å². The van der Waals surface area contributed by atoms with Gasteiger partial charge in [0.1, 0.15) is 0 Å². The van der Waals surface area contributed by atoms with E-state index >= 15 is 0 Å². The van der Waals surface area contributed by atoms with Gasteiger partial charge in [0.05, 0.1) is 17.0 Å². The fourth-order valence-corrected chi connectivity index (χ4v) is 3.59. The zero-order valence-electron chi connectivity index (χ0n) is 12.9. The van der Waals surface area contributed by atoms with Crippen molar-refractivity contribution in [1.82, 2.24) is 20.4 Å². The third-order valence-corrected chi connectivity index (χ3v) is 4.70. The van der Waals surface area contributed by atoms with Crippen LogP contribution in [-0.2, 0) is 0 Å². The molecule has 0 aliphatic carbocycles. The van der Waals surface area contributed by atoms with E-state index in [1.807, 2.05) is 19.9 Å². The largest absolute Gasteiger partial charge is 0.334 e. The summed E-state index contributed by atoms with van der Waals surface area (Å²) in [7, 11) is 0. The van der Waals surface area contributed by atoms with E-state index in [0.29, 0.717) is 17.6 Å². The summed E-state index contributed by atoms with van der Waals surface area (Å²) in [4.78, 5) is 15.0. The standard InChI is InChI=1S/C16H24N4O/c1-11-10-13(12(2)19-18-11)16(21)20-9-4-3-7-15(20)14-6-5-8-17-14/h10,14-15,17H,3-9H2,1-2H3. The Bertz CT molecular complexity index is 525. The molecule has 21 heavy (non-hydrogen) atoms. The molecule has 114 valence electrons. The Morgan fingerprint density at radius 1 is 1.24 bits per heavy atom. The van der Waals surface area contributed by atoms with Crippen LogP contribution in [0.25, 0.3) is 0 Å². The lowest BCUT2D eigenvalue weighted by Crippen LogP contribution is -2.52. The van der Waals surface area contributed by atoms with Crippen molar-refractivity contribution in [3.05, 3.63) is 23.0 Å². The molecule has 5 nitrogen and oxygen atoms in total. The van der Waals surface area contributed by atoms with Crippen LogP contribution < -0.4 is 5.32 Å². The second-order valence-corrected chi connectivity index (χ2v) is 6.25. The minimum atomic E-state index is 0.129. The van der Waals surface area contributed by atoms with Crippen molar-refractivity contribution < 1.29 is 4.79 Å². The van der Waals surface area contributed by atoms with Crippen molar-refractivity contribution in [2.75, 3.05) is 13.1 Å². The Morgan fingerprint density at radius 2 is 2.10 bits per heavy atom. The van der Waals surface area contributed by atoms with Gasteiger partial charge in [-0.1, -0.05) is 0 Å². The van der Waals surface area contributed by atoms with Gasteiger partial charge in [0.25, 0.3) is 5.91 Å². The van der Waals surface area contributed by atoms with E-state index in [0.717, 1.165) is 37.3 Å². The van der Waals surface area contributed by atoms with Gasteiger partial charge in [-0.25, -0.2) is 0 Å². The van der Waals surface area contributed by atoms with Gasteiger partial charge < -0.3 is 10.2 Å². The van der Waals surface area contributed by atoms with Gasteiger partial charge in [-0.2, -0.15) is 10.2 Å². The first-order chi connectivity index (χ1) is 10.2. The molecular weight excluding hydrogens is 264 g/mol. The van der Waals surface area contributed by atoms with Crippen LogP contribution in [0.3, 0.4) is 0 Å². The molecule has 3 rings (SSSR count). The van der Waals surface area contributed by atoms with Gasteiger partial charge in [0, 0.05) is 18.6 Å². The summed E-state index contributed by atoms with van der Waals surface area (Å²) < 4.78 is 0. The van der Waals surface area contributed by atoms with Crippen molar-refractivity contribution in [2.24, 2.45) is 0 Å². The second-order valence-electron chi connectivity index (χ2n) is 6.25. The van der Waals surface area contributed by atoms with Crippen LogP contribution in [-0.4, -0.2) is 46.2 Å². The predicted octanol–water partition coefficient (Wildman–Crippen LogP) is 1.84. The number of aryl methyl sites for hydroxylation is 2. The number of rotatable bonds is 2. The van der Waals surface area contributed by atoms with Crippen molar-refractivity contribution in [3.63, 3.8) is 0 Å². The highest BCUT2D eigenvalue weighted by Gasteiger charge is 2.35. The topological polar surface area (TPSA) is 58.1 Å². The van der Waals surface area contributed by atoms with Crippen LogP contribution in [0.15, 0.2) is 6.07 Å². The number of amides is 1. The van der Waals surface area contributed by atoms with Gasteiger partial charge in [0.2, 0.25) is 0 Å². The number of carbonyl (C=O) groups excluding carboxylic acids is 1. The molecule has 0 radical (unpaired) electrons. The number of likely N-dealkylation sites (tertiary alicyclic amines) is 1. The molecule has 2 fully saturated rings. The summed E-state index contributed by atoms with van der Waals surface area (Å²) in [6.07, 6.45) is 5.84. The SMILES string of the molecule is Cc1cc(C(=O)N2CCCCC2C2CCCN2)c(C)nn1. The number of piperidine rings is 1. The molecule has 2 unspecified atom stereocenters. The fraction of sp³-hybridized carbons (Fsp3) is 0.688. The van der Waals surface area contributed by atoms with Crippen LogP contribution >= 0.6 is 0 Å². The number of hydrogen-bond acceptors (Lipinski definition) is 4. The Hall–Kier alpha value is -1.49.